The number of halogens is 1. The molecule has 88 valence electrons. The van der Waals surface area contributed by atoms with Crippen LogP contribution >= 0.6 is 0 Å². The second-order valence-electron chi connectivity index (χ2n) is 4.08. The summed E-state index contributed by atoms with van der Waals surface area (Å²) in [5, 5.41) is 0. The van der Waals surface area contributed by atoms with Gasteiger partial charge in [0.2, 0.25) is 0 Å². The van der Waals surface area contributed by atoms with Gasteiger partial charge < -0.3 is 5.73 Å². The van der Waals surface area contributed by atoms with E-state index in [1.54, 1.807) is 6.07 Å². The molecule has 0 aliphatic heterocycles. The fraction of sp³-hybridized carbons (Fsp3) is 0.200. The van der Waals surface area contributed by atoms with Crippen molar-refractivity contribution in [1.82, 2.24) is 0 Å². The Balaban J connectivity index is 2.27. The quantitative estimate of drug-likeness (QED) is 0.857. The van der Waals surface area contributed by atoms with Crippen LogP contribution in [0.5, 0.6) is 0 Å². The summed E-state index contributed by atoms with van der Waals surface area (Å²) in [6.45, 7) is 0.619. The van der Waals surface area contributed by atoms with Crippen LogP contribution in [0.2, 0.25) is 0 Å². The molecule has 0 aliphatic carbocycles. The molecule has 0 saturated heterocycles. The molecule has 0 unspecified atom stereocenters. The van der Waals surface area contributed by atoms with Crippen molar-refractivity contribution in [2.45, 2.75) is 12.8 Å². The van der Waals surface area contributed by atoms with E-state index in [-0.39, 0.29) is 5.82 Å². The lowest BCUT2D eigenvalue weighted by atomic mass is 9.98. The predicted molar refractivity (Wildman–Crippen MR) is 68.4 cm³/mol. The minimum atomic E-state index is -0.143. The summed E-state index contributed by atoms with van der Waals surface area (Å²) >= 11 is 0. The van der Waals surface area contributed by atoms with Crippen molar-refractivity contribution in [3.8, 4) is 0 Å². The molecule has 0 amide bonds. The smallest absolute Gasteiger partial charge is 0.126 e. The van der Waals surface area contributed by atoms with Crippen molar-refractivity contribution in [3.05, 3.63) is 71.0 Å². The minimum Gasteiger partial charge on any atom is -0.330 e. The second-order valence-corrected chi connectivity index (χ2v) is 4.08. The highest BCUT2D eigenvalue weighted by Gasteiger charge is 2.05. The van der Waals surface area contributed by atoms with Crippen LogP contribution in [0, 0.1) is 5.82 Å². The second kappa shape index (κ2) is 5.60. The molecule has 2 rings (SSSR count). The van der Waals surface area contributed by atoms with E-state index >= 15 is 0 Å². The van der Waals surface area contributed by atoms with Gasteiger partial charge >= 0.3 is 0 Å². The van der Waals surface area contributed by atoms with Crippen LogP contribution in [0.1, 0.15) is 16.7 Å². The van der Waals surface area contributed by atoms with Crippen molar-refractivity contribution in [2.75, 3.05) is 6.54 Å². The molecule has 0 fully saturated rings. The van der Waals surface area contributed by atoms with Gasteiger partial charge in [-0.05, 0) is 35.7 Å². The molecule has 17 heavy (non-hydrogen) atoms. The Labute approximate surface area is 101 Å². The highest BCUT2D eigenvalue weighted by atomic mass is 19.1. The molecule has 2 aromatic rings. The molecule has 0 aromatic heterocycles. The Morgan fingerprint density at radius 2 is 1.41 bits per heavy atom. The molecular formula is C15H16FN. The average Bonchev–Trinajstić information content (AvgIpc) is 2.35. The van der Waals surface area contributed by atoms with Gasteiger partial charge in [-0.15, -0.1) is 0 Å². The van der Waals surface area contributed by atoms with Crippen molar-refractivity contribution in [2.24, 2.45) is 5.73 Å². The number of hydrogen-bond donors (Lipinski definition) is 1. The minimum absolute atomic E-state index is 0.143. The van der Waals surface area contributed by atoms with Gasteiger partial charge in [-0.2, -0.15) is 0 Å². The van der Waals surface area contributed by atoms with Crippen LogP contribution in [0.3, 0.4) is 0 Å². The van der Waals surface area contributed by atoms with E-state index in [0.717, 1.165) is 17.5 Å². The third-order valence-electron chi connectivity index (χ3n) is 2.87. The predicted octanol–water partition coefficient (Wildman–Crippen LogP) is 2.92. The summed E-state index contributed by atoms with van der Waals surface area (Å²) in [6.07, 6.45) is 1.47. The van der Waals surface area contributed by atoms with Crippen LogP contribution in [-0.2, 0) is 12.8 Å². The molecule has 0 bridgehead atoms. The van der Waals surface area contributed by atoms with E-state index < -0.39 is 0 Å². The van der Waals surface area contributed by atoms with E-state index in [2.05, 4.69) is 6.07 Å². The summed E-state index contributed by atoms with van der Waals surface area (Å²) in [7, 11) is 0. The fourth-order valence-electron chi connectivity index (χ4n) is 1.98. The van der Waals surface area contributed by atoms with Crippen LogP contribution in [0.15, 0.2) is 48.5 Å². The molecule has 0 spiro atoms. The highest BCUT2D eigenvalue weighted by Crippen LogP contribution is 2.16. The molecule has 0 saturated carbocycles. The Morgan fingerprint density at radius 3 is 2.06 bits per heavy atom. The van der Waals surface area contributed by atoms with Crippen LogP contribution in [0.4, 0.5) is 4.39 Å². The summed E-state index contributed by atoms with van der Waals surface area (Å²) in [5.41, 5.74) is 8.67. The molecule has 0 radical (unpaired) electrons. The monoisotopic (exact) mass is 229 g/mol. The van der Waals surface area contributed by atoms with Gasteiger partial charge in [-0.25, -0.2) is 4.39 Å². The van der Waals surface area contributed by atoms with Gasteiger partial charge in [0, 0.05) is 6.42 Å². The van der Waals surface area contributed by atoms with Crippen molar-refractivity contribution in [3.63, 3.8) is 0 Å². The van der Waals surface area contributed by atoms with Gasteiger partial charge in [-0.3, -0.25) is 0 Å². The molecule has 2 aromatic carbocycles. The van der Waals surface area contributed by atoms with E-state index in [1.807, 2.05) is 30.3 Å². The maximum Gasteiger partial charge on any atom is 0.126 e. The van der Waals surface area contributed by atoms with Gasteiger partial charge in [0.15, 0.2) is 0 Å². The maximum atomic E-state index is 13.6. The first-order chi connectivity index (χ1) is 8.31. The van der Waals surface area contributed by atoms with Gasteiger partial charge in [0.05, 0.1) is 0 Å². The topological polar surface area (TPSA) is 26.0 Å². The number of rotatable bonds is 4. The van der Waals surface area contributed by atoms with Crippen molar-refractivity contribution < 1.29 is 4.39 Å². The largest absolute Gasteiger partial charge is 0.330 e. The van der Waals surface area contributed by atoms with Gasteiger partial charge in [-0.1, -0.05) is 42.5 Å². The summed E-state index contributed by atoms with van der Waals surface area (Å²) in [5.74, 6) is -0.143. The van der Waals surface area contributed by atoms with Gasteiger partial charge in [0.25, 0.3) is 0 Å². The van der Waals surface area contributed by atoms with E-state index in [4.69, 9.17) is 5.73 Å². The molecular weight excluding hydrogens is 213 g/mol. The third kappa shape index (κ3) is 2.92. The van der Waals surface area contributed by atoms with Crippen molar-refractivity contribution >= 4 is 0 Å². The average molecular weight is 229 g/mol. The zero-order valence-electron chi connectivity index (χ0n) is 9.70. The standard InChI is InChI=1S/C15H16FN/c16-15-8-4-3-7-14(15)11-13-6-2-1-5-12(13)9-10-17/h1-8H,9-11,17H2. The van der Waals surface area contributed by atoms with Crippen LogP contribution in [-0.4, -0.2) is 6.54 Å². The lowest BCUT2D eigenvalue weighted by Crippen LogP contribution is -2.06. The highest BCUT2D eigenvalue weighted by molar-refractivity contribution is 5.33. The molecule has 0 heterocycles. The first-order valence-electron chi connectivity index (χ1n) is 5.81. The van der Waals surface area contributed by atoms with Crippen LogP contribution < -0.4 is 5.73 Å². The normalized spacial score (nSPS) is 10.5. The Morgan fingerprint density at radius 1 is 0.824 bits per heavy atom. The fourth-order valence-corrected chi connectivity index (χ4v) is 1.98. The Hall–Kier alpha value is -1.67. The Bertz CT molecular complexity index is 494. The zero-order valence-corrected chi connectivity index (χ0v) is 9.70. The number of benzene rings is 2. The molecule has 0 aliphatic rings. The lowest BCUT2D eigenvalue weighted by molar-refractivity contribution is 0.613. The molecule has 1 nitrogen and oxygen atoms in total. The lowest BCUT2D eigenvalue weighted by Gasteiger charge is -2.09. The summed E-state index contributed by atoms with van der Waals surface area (Å²) < 4.78 is 13.6. The van der Waals surface area contributed by atoms with E-state index in [0.29, 0.717) is 13.0 Å². The SMILES string of the molecule is NCCc1ccccc1Cc1ccccc1F. The van der Waals surface area contributed by atoms with Crippen molar-refractivity contribution in [1.29, 1.82) is 0 Å². The first-order valence-corrected chi connectivity index (χ1v) is 5.81. The maximum absolute atomic E-state index is 13.6. The molecule has 2 heteroatoms. The molecule has 2 N–H and O–H groups in total. The number of hydrogen-bond acceptors (Lipinski definition) is 1. The van der Waals surface area contributed by atoms with E-state index in [1.165, 1.54) is 11.6 Å². The molecule has 0 atom stereocenters. The van der Waals surface area contributed by atoms with Gasteiger partial charge in [0.1, 0.15) is 5.82 Å². The summed E-state index contributed by atoms with van der Waals surface area (Å²) in [4.78, 5) is 0. The first kappa shape index (κ1) is 11.8. The third-order valence-corrected chi connectivity index (χ3v) is 2.87. The van der Waals surface area contributed by atoms with E-state index in [9.17, 15) is 4.39 Å². The zero-order chi connectivity index (χ0) is 12.1. The summed E-state index contributed by atoms with van der Waals surface area (Å²) in [6, 6.07) is 15.0. The Kier molecular flexibility index (Phi) is 3.89. The number of nitrogens with two attached hydrogens (primary N) is 1. The van der Waals surface area contributed by atoms with Crippen LogP contribution in [0.25, 0.3) is 0 Å².